The second kappa shape index (κ2) is 9.55. The number of guanidine groups is 1. The summed E-state index contributed by atoms with van der Waals surface area (Å²) in [5.41, 5.74) is 6.08. The first-order valence-electron chi connectivity index (χ1n) is 9.77. The van der Waals surface area contributed by atoms with E-state index in [-0.39, 0.29) is 0 Å². The molecule has 0 spiro atoms. The predicted molar refractivity (Wildman–Crippen MR) is 107 cm³/mol. The SMILES string of the molecule is CCN1CCCC1CNC(N)=NCC1CCN(Cc2cccs2)CC1. The molecule has 1 atom stereocenters. The molecule has 3 heterocycles. The van der Waals surface area contributed by atoms with Crippen molar-refractivity contribution in [3.63, 3.8) is 0 Å². The Kier molecular flexibility index (Phi) is 7.13. The lowest BCUT2D eigenvalue weighted by atomic mass is 9.97. The zero-order chi connectivity index (χ0) is 17.5. The Bertz CT molecular complexity index is 522. The maximum absolute atomic E-state index is 6.08. The second-order valence-corrected chi connectivity index (χ2v) is 8.36. The lowest BCUT2D eigenvalue weighted by Gasteiger charge is -2.31. The third kappa shape index (κ3) is 5.69. The number of thiophene rings is 1. The molecule has 0 radical (unpaired) electrons. The van der Waals surface area contributed by atoms with Crippen LogP contribution in [0.1, 0.15) is 37.5 Å². The number of hydrogen-bond acceptors (Lipinski definition) is 4. The van der Waals surface area contributed by atoms with E-state index < -0.39 is 0 Å². The summed E-state index contributed by atoms with van der Waals surface area (Å²) < 4.78 is 0. The van der Waals surface area contributed by atoms with Crippen LogP contribution in [0.2, 0.25) is 0 Å². The van der Waals surface area contributed by atoms with E-state index in [9.17, 15) is 0 Å². The highest BCUT2D eigenvalue weighted by Crippen LogP contribution is 2.21. The summed E-state index contributed by atoms with van der Waals surface area (Å²) in [6.07, 6.45) is 5.04. The molecular weight excluding hydrogens is 330 g/mol. The number of likely N-dealkylation sites (tertiary alicyclic amines) is 2. The summed E-state index contributed by atoms with van der Waals surface area (Å²) in [5.74, 6) is 1.31. The van der Waals surface area contributed by atoms with E-state index in [1.807, 2.05) is 11.3 Å². The van der Waals surface area contributed by atoms with Crippen LogP contribution < -0.4 is 11.1 Å². The van der Waals surface area contributed by atoms with Gasteiger partial charge >= 0.3 is 0 Å². The predicted octanol–water partition coefficient (Wildman–Crippen LogP) is 2.35. The third-order valence-corrected chi connectivity index (χ3v) is 6.47. The molecule has 6 heteroatoms. The lowest BCUT2D eigenvalue weighted by Crippen LogP contribution is -2.43. The lowest BCUT2D eigenvalue weighted by molar-refractivity contribution is 0.182. The monoisotopic (exact) mass is 363 g/mol. The van der Waals surface area contributed by atoms with Crippen molar-refractivity contribution in [2.45, 2.75) is 45.2 Å². The van der Waals surface area contributed by atoms with Crippen molar-refractivity contribution in [1.82, 2.24) is 15.1 Å². The van der Waals surface area contributed by atoms with E-state index in [1.165, 1.54) is 50.2 Å². The van der Waals surface area contributed by atoms with E-state index in [1.54, 1.807) is 0 Å². The van der Waals surface area contributed by atoms with Crippen molar-refractivity contribution in [2.75, 3.05) is 39.3 Å². The number of nitrogens with two attached hydrogens (primary N) is 1. The molecule has 1 aromatic heterocycles. The van der Waals surface area contributed by atoms with Gasteiger partial charge in [0.1, 0.15) is 0 Å². The molecule has 3 N–H and O–H groups in total. The number of piperidine rings is 1. The number of rotatable bonds is 7. The van der Waals surface area contributed by atoms with Gasteiger partial charge in [0.15, 0.2) is 5.96 Å². The minimum absolute atomic E-state index is 0.624. The Morgan fingerprint density at radius 3 is 2.88 bits per heavy atom. The van der Waals surface area contributed by atoms with Crippen molar-refractivity contribution >= 4 is 17.3 Å². The van der Waals surface area contributed by atoms with E-state index in [0.717, 1.165) is 26.2 Å². The van der Waals surface area contributed by atoms with Crippen LogP contribution in [0.25, 0.3) is 0 Å². The van der Waals surface area contributed by atoms with Gasteiger partial charge in [0.2, 0.25) is 0 Å². The summed E-state index contributed by atoms with van der Waals surface area (Å²) in [7, 11) is 0. The van der Waals surface area contributed by atoms with Gasteiger partial charge in [-0.15, -0.1) is 11.3 Å². The first-order chi connectivity index (χ1) is 12.2. The standard InChI is InChI=1S/C19H33N5S/c1-2-24-9-3-5-17(24)14-22-19(20)21-13-16-7-10-23(11-8-16)15-18-6-4-12-25-18/h4,6,12,16-17H,2-3,5,7-11,13-15H2,1H3,(H3,20,21,22). The molecule has 2 saturated heterocycles. The summed E-state index contributed by atoms with van der Waals surface area (Å²) in [6, 6.07) is 5.00. The molecule has 2 aliphatic heterocycles. The molecule has 2 fully saturated rings. The number of nitrogens with one attached hydrogen (secondary N) is 1. The molecule has 3 rings (SSSR count). The zero-order valence-electron chi connectivity index (χ0n) is 15.5. The van der Waals surface area contributed by atoms with Crippen LogP contribution >= 0.6 is 11.3 Å². The third-order valence-electron chi connectivity index (χ3n) is 5.61. The zero-order valence-corrected chi connectivity index (χ0v) is 16.3. The number of hydrogen-bond donors (Lipinski definition) is 2. The number of likely N-dealkylation sites (N-methyl/N-ethyl adjacent to an activating group) is 1. The van der Waals surface area contributed by atoms with Crippen LogP contribution in [-0.2, 0) is 6.54 Å². The van der Waals surface area contributed by atoms with Gasteiger partial charge in [-0.1, -0.05) is 13.0 Å². The van der Waals surface area contributed by atoms with Crippen LogP contribution in [-0.4, -0.2) is 61.1 Å². The molecule has 1 aromatic rings. The molecule has 1 unspecified atom stereocenters. The first kappa shape index (κ1) is 18.7. The highest BCUT2D eigenvalue weighted by Gasteiger charge is 2.23. The largest absolute Gasteiger partial charge is 0.370 e. The van der Waals surface area contributed by atoms with Gasteiger partial charge in [-0.3, -0.25) is 14.8 Å². The van der Waals surface area contributed by atoms with E-state index in [0.29, 0.717) is 17.9 Å². The fourth-order valence-electron chi connectivity index (χ4n) is 4.00. The van der Waals surface area contributed by atoms with Gasteiger partial charge in [0.25, 0.3) is 0 Å². The van der Waals surface area contributed by atoms with Crippen molar-refractivity contribution in [3.8, 4) is 0 Å². The van der Waals surface area contributed by atoms with Crippen molar-refractivity contribution in [3.05, 3.63) is 22.4 Å². The molecule has 0 saturated carbocycles. The van der Waals surface area contributed by atoms with Crippen LogP contribution in [0.4, 0.5) is 0 Å². The minimum atomic E-state index is 0.624. The molecule has 2 aliphatic rings. The Hall–Kier alpha value is -1.11. The van der Waals surface area contributed by atoms with E-state index >= 15 is 0 Å². The van der Waals surface area contributed by atoms with Crippen LogP contribution in [0.15, 0.2) is 22.5 Å². The van der Waals surface area contributed by atoms with Gasteiger partial charge in [-0.05, 0) is 69.2 Å². The normalized spacial score (nSPS) is 24.0. The summed E-state index contributed by atoms with van der Waals surface area (Å²) >= 11 is 1.86. The Balaban J connectivity index is 1.33. The molecule has 25 heavy (non-hydrogen) atoms. The first-order valence-corrected chi connectivity index (χ1v) is 10.6. The van der Waals surface area contributed by atoms with Gasteiger partial charge < -0.3 is 11.1 Å². The molecular formula is C19H33N5S. The Morgan fingerprint density at radius 1 is 1.32 bits per heavy atom. The average Bonchev–Trinajstić information content (AvgIpc) is 3.30. The van der Waals surface area contributed by atoms with Crippen LogP contribution in [0.3, 0.4) is 0 Å². The minimum Gasteiger partial charge on any atom is -0.370 e. The van der Waals surface area contributed by atoms with E-state index in [4.69, 9.17) is 5.73 Å². The van der Waals surface area contributed by atoms with E-state index in [2.05, 4.69) is 44.5 Å². The van der Waals surface area contributed by atoms with Gasteiger partial charge in [0, 0.05) is 30.6 Å². The maximum Gasteiger partial charge on any atom is 0.188 e. The topological polar surface area (TPSA) is 56.9 Å². The van der Waals surface area contributed by atoms with Gasteiger partial charge in [-0.2, -0.15) is 0 Å². The molecule has 0 amide bonds. The summed E-state index contributed by atoms with van der Waals surface area (Å²) in [6.45, 7) is 9.86. The van der Waals surface area contributed by atoms with Crippen LogP contribution in [0.5, 0.6) is 0 Å². The number of aliphatic imine (C=N–C) groups is 1. The second-order valence-electron chi connectivity index (χ2n) is 7.33. The highest BCUT2D eigenvalue weighted by atomic mass is 32.1. The summed E-state index contributed by atoms with van der Waals surface area (Å²) in [4.78, 5) is 11.2. The number of nitrogens with zero attached hydrogens (tertiary/aromatic N) is 3. The van der Waals surface area contributed by atoms with Crippen molar-refractivity contribution in [1.29, 1.82) is 0 Å². The van der Waals surface area contributed by atoms with Gasteiger partial charge in [0.05, 0.1) is 0 Å². The fraction of sp³-hybridized carbons (Fsp3) is 0.737. The molecule has 0 bridgehead atoms. The quantitative estimate of drug-likeness (QED) is 0.577. The Morgan fingerprint density at radius 2 is 2.16 bits per heavy atom. The average molecular weight is 364 g/mol. The van der Waals surface area contributed by atoms with Crippen molar-refractivity contribution < 1.29 is 0 Å². The molecule has 5 nitrogen and oxygen atoms in total. The maximum atomic E-state index is 6.08. The van der Waals surface area contributed by atoms with Gasteiger partial charge in [-0.25, -0.2) is 0 Å². The molecule has 140 valence electrons. The highest BCUT2D eigenvalue weighted by molar-refractivity contribution is 7.09. The fourth-order valence-corrected chi connectivity index (χ4v) is 4.74. The van der Waals surface area contributed by atoms with Crippen molar-refractivity contribution in [2.24, 2.45) is 16.6 Å². The Labute approximate surface area is 156 Å². The smallest absolute Gasteiger partial charge is 0.188 e. The molecule has 0 aromatic carbocycles. The summed E-state index contributed by atoms with van der Waals surface area (Å²) in [5, 5.41) is 5.51. The molecule has 0 aliphatic carbocycles. The van der Waals surface area contributed by atoms with Crippen LogP contribution in [0, 0.1) is 5.92 Å².